The van der Waals surface area contributed by atoms with Gasteiger partial charge < -0.3 is 4.74 Å². The van der Waals surface area contributed by atoms with Crippen LogP contribution in [0.3, 0.4) is 0 Å². The van der Waals surface area contributed by atoms with Crippen LogP contribution >= 0.6 is 11.6 Å². The molecule has 1 aromatic carbocycles. The third-order valence-corrected chi connectivity index (χ3v) is 1.74. The van der Waals surface area contributed by atoms with Gasteiger partial charge in [0.15, 0.2) is 0 Å². The molecule has 4 heteroatoms. The Hall–Kier alpha value is -0.770. The van der Waals surface area contributed by atoms with E-state index in [1.165, 1.54) is 0 Å². The number of halogens is 1. The second kappa shape index (κ2) is 5.07. The third-order valence-electron chi connectivity index (χ3n) is 1.51. The summed E-state index contributed by atoms with van der Waals surface area (Å²) in [4.78, 5) is 0. The first-order valence-corrected chi connectivity index (χ1v) is 4.40. The highest BCUT2D eigenvalue weighted by Crippen LogP contribution is 2.16. The molecule has 72 valence electrons. The van der Waals surface area contributed by atoms with Gasteiger partial charge >= 0.3 is 0 Å². The zero-order chi connectivity index (χ0) is 9.68. The molecule has 0 aliphatic heterocycles. The molecule has 0 bridgehead atoms. The molecule has 0 aliphatic rings. The molecule has 0 fully saturated rings. The molecule has 1 rings (SSSR count). The fraction of sp³-hybridized carbons (Fsp3) is 0.333. The molecular weight excluding hydrogens is 188 g/mol. The van der Waals surface area contributed by atoms with Gasteiger partial charge in [-0.2, -0.15) is 0 Å². The summed E-state index contributed by atoms with van der Waals surface area (Å²) in [6.45, 7) is 1.25. The van der Waals surface area contributed by atoms with Crippen LogP contribution in [0, 0.1) is 0 Å². The summed E-state index contributed by atoms with van der Waals surface area (Å²) < 4.78 is 5.39. The second-order valence-electron chi connectivity index (χ2n) is 2.79. The van der Waals surface area contributed by atoms with E-state index in [4.69, 9.17) is 22.2 Å². The maximum absolute atomic E-state index is 5.77. The first-order valence-electron chi connectivity index (χ1n) is 4.02. The van der Waals surface area contributed by atoms with Gasteiger partial charge in [0.1, 0.15) is 12.4 Å². The van der Waals surface area contributed by atoms with Crippen molar-refractivity contribution in [2.45, 2.75) is 0 Å². The minimum Gasteiger partial charge on any atom is -0.492 e. The standard InChI is InChI=1S/C9H13ClN2O/c1-12(11)5-6-13-9-4-2-3-8(10)7-9/h2-4,7H,5-6,11H2,1H3. The first-order chi connectivity index (χ1) is 6.18. The van der Waals surface area contributed by atoms with Crippen molar-refractivity contribution in [1.29, 1.82) is 0 Å². The van der Waals surface area contributed by atoms with E-state index in [0.717, 1.165) is 5.75 Å². The largest absolute Gasteiger partial charge is 0.492 e. The van der Waals surface area contributed by atoms with Crippen LogP contribution in [-0.2, 0) is 0 Å². The van der Waals surface area contributed by atoms with Crippen molar-refractivity contribution in [3.8, 4) is 5.75 Å². The topological polar surface area (TPSA) is 38.5 Å². The Kier molecular flexibility index (Phi) is 4.02. The van der Waals surface area contributed by atoms with Crippen LogP contribution < -0.4 is 10.6 Å². The van der Waals surface area contributed by atoms with Crippen molar-refractivity contribution in [2.24, 2.45) is 5.84 Å². The van der Waals surface area contributed by atoms with Gasteiger partial charge in [-0.25, -0.2) is 5.01 Å². The molecule has 0 saturated carbocycles. The van der Waals surface area contributed by atoms with E-state index in [1.54, 1.807) is 18.1 Å². The highest BCUT2D eigenvalue weighted by molar-refractivity contribution is 6.30. The Morgan fingerprint density at radius 2 is 2.31 bits per heavy atom. The predicted octanol–water partition coefficient (Wildman–Crippen LogP) is 1.52. The van der Waals surface area contributed by atoms with Crippen molar-refractivity contribution in [3.05, 3.63) is 29.3 Å². The van der Waals surface area contributed by atoms with E-state index >= 15 is 0 Å². The number of ether oxygens (including phenoxy) is 1. The minimum absolute atomic E-state index is 0.563. The highest BCUT2D eigenvalue weighted by Gasteiger charge is 1.95. The van der Waals surface area contributed by atoms with E-state index in [9.17, 15) is 0 Å². The monoisotopic (exact) mass is 200 g/mol. The number of nitrogens with two attached hydrogens (primary N) is 1. The molecule has 2 N–H and O–H groups in total. The summed E-state index contributed by atoms with van der Waals surface area (Å²) in [7, 11) is 1.79. The molecular formula is C9H13ClN2O. The van der Waals surface area contributed by atoms with Crippen LogP contribution in [0.1, 0.15) is 0 Å². The van der Waals surface area contributed by atoms with Gasteiger partial charge in [0.25, 0.3) is 0 Å². The van der Waals surface area contributed by atoms with Crippen LogP contribution in [-0.4, -0.2) is 25.2 Å². The number of likely N-dealkylation sites (N-methyl/N-ethyl adjacent to an activating group) is 1. The molecule has 0 atom stereocenters. The van der Waals surface area contributed by atoms with Crippen LogP contribution in [0.25, 0.3) is 0 Å². The first kappa shape index (κ1) is 10.3. The van der Waals surface area contributed by atoms with E-state index in [0.29, 0.717) is 18.2 Å². The lowest BCUT2D eigenvalue weighted by atomic mass is 10.3. The average molecular weight is 201 g/mol. The molecule has 0 radical (unpaired) electrons. The molecule has 3 nitrogen and oxygen atoms in total. The molecule has 0 unspecified atom stereocenters. The predicted molar refractivity (Wildman–Crippen MR) is 53.8 cm³/mol. The molecule has 0 aromatic heterocycles. The van der Waals surface area contributed by atoms with E-state index < -0.39 is 0 Å². The van der Waals surface area contributed by atoms with E-state index in [2.05, 4.69) is 0 Å². The molecule has 13 heavy (non-hydrogen) atoms. The van der Waals surface area contributed by atoms with Gasteiger partial charge in [0, 0.05) is 18.6 Å². The Morgan fingerprint density at radius 1 is 1.54 bits per heavy atom. The summed E-state index contributed by atoms with van der Waals surface area (Å²) >= 11 is 5.77. The van der Waals surface area contributed by atoms with Crippen LogP contribution in [0.2, 0.25) is 5.02 Å². The molecule has 1 aromatic rings. The van der Waals surface area contributed by atoms with Gasteiger partial charge in [-0.15, -0.1) is 0 Å². The minimum atomic E-state index is 0.563. The lowest BCUT2D eigenvalue weighted by molar-refractivity contribution is 0.241. The van der Waals surface area contributed by atoms with Crippen molar-refractivity contribution in [2.75, 3.05) is 20.2 Å². The lowest BCUT2D eigenvalue weighted by Crippen LogP contribution is -2.30. The normalized spacial score (nSPS) is 10.5. The molecule has 0 saturated heterocycles. The number of nitrogens with zero attached hydrogens (tertiary/aromatic N) is 1. The number of hydrogen-bond acceptors (Lipinski definition) is 3. The van der Waals surface area contributed by atoms with E-state index in [1.807, 2.05) is 18.2 Å². The van der Waals surface area contributed by atoms with Crippen LogP contribution in [0.5, 0.6) is 5.75 Å². The van der Waals surface area contributed by atoms with Gasteiger partial charge in [-0.3, -0.25) is 5.84 Å². The Labute approximate surface area is 83.0 Å². The summed E-state index contributed by atoms with van der Waals surface area (Å²) in [6.07, 6.45) is 0. The average Bonchev–Trinajstić information content (AvgIpc) is 2.03. The van der Waals surface area contributed by atoms with Crippen LogP contribution in [0.4, 0.5) is 0 Å². The number of rotatable bonds is 4. The van der Waals surface area contributed by atoms with Crippen molar-refractivity contribution >= 4 is 11.6 Å². The molecule has 0 heterocycles. The van der Waals surface area contributed by atoms with Crippen molar-refractivity contribution < 1.29 is 4.74 Å². The van der Waals surface area contributed by atoms with Gasteiger partial charge in [-0.05, 0) is 18.2 Å². The quantitative estimate of drug-likeness (QED) is 0.592. The van der Waals surface area contributed by atoms with Gasteiger partial charge in [0.05, 0.1) is 0 Å². The zero-order valence-electron chi connectivity index (χ0n) is 7.53. The van der Waals surface area contributed by atoms with Crippen LogP contribution in [0.15, 0.2) is 24.3 Å². The summed E-state index contributed by atoms with van der Waals surface area (Å²) in [5.74, 6) is 6.19. The summed E-state index contributed by atoms with van der Waals surface area (Å²) in [5, 5.41) is 2.25. The SMILES string of the molecule is CN(N)CCOc1cccc(Cl)c1. The number of hydrogen-bond donors (Lipinski definition) is 1. The van der Waals surface area contributed by atoms with Gasteiger partial charge in [0.2, 0.25) is 0 Å². The fourth-order valence-corrected chi connectivity index (χ4v) is 1.04. The van der Waals surface area contributed by atoms with Gasteiger partial charge in [-0.1, -0.05) is 17.7 Å². The summed E-state index contributed by atoms with van der Waals surface area (Å²) in [5.41, 5.74) is 0. The Morgan fingerprint density at radius 3 is 2.92 bits per heavy atom. The molecule has 0 aliphatic carbocycles. The third kappa shape index (κ3) is 4.12. The number of hydrazine groups is 1. The fourth-order valence-electron chi connectivity index (χ4n) is 0.864. The maximum Gasteiger partial charge on any atom is 0.120 e. The summed E-state index contributed by atoms with van der Waals surface area (Å²) in [6, 6.07) is 7.30. The smallest absolute Gasteiger partial charge is 0.120 e. The molecule has 0 amide bonds. The second-order valence-corrected chi connectivity index (χ2v) is 3.22. The zero-order valence-corrected chi connectivity index (χ0v) is 8.29. The highest BCUT2D eigenvalue weighted by atomic mass is 35.5. The van der Waals surface area contributed by atoms with Crippen molar-refractivity contribution in [3.63, 3.8) is 0 Å². The van der Waals surface area contributed by atoms with Crippen molar-refractivity contribution in [1.82, 2.24) is 5.01 Å². The maximum atomic E-state index is 5.77. The van der Waals surface area contributed by atoms with E-state index in [-0.39, 0.29) is 0 Å². The molecule has 0 spiro atoms. The Bertz CT molecular complexity index is 266. The lowest BCUT2D eigenvalue weighted by Gasteiger charge is -2.10. The Balaban J connectivity index is 2.37. The number of benzene rings is 1.